The van der Waals surface area contributed by atoms with Crippen LogP contribution < -0.4 is 15.9 Å². The second kappa shape index (κ2) is 10.9. The number of nitrogens with zero attached hydrogens (tertiary/aromatic N) is 2. The Kier molecular flexibility index (Phi) is 8.15. The largest absolute Gasteiger partial charge is 0.365 e. The molecule has 0 aliphatic carbocycles. The molecule has 3 rings (SSSR count). The lowest BCUT2D eigenvalue weighted by molar-refractivity contribution is -0.127. The Bertz CT molecular complexity index is 1320. The van der Waals surface area contributed by atoms with E-state index in [9.17, 15) is 13.2 Å². The Labute approximate surface area is 201 Å². The first kappa shape index (κ1) is 25.5. The van der Waals surface area contributed by atoms with Crippen LogP contribution in [-0.4, -0.2) is 55.8 Å². The molecule has 0 bridgehead atoms. The van der Waals surface area contributed by atoms with Gasteiger partial charge in [0.15, 0.2) is 9.84 Å². The first-order chi connectivity index (χ1) is 16.2. The lowest BCUT2D eigenvalue weighted by Crippen LogP contribution is -2.48. The number of amides is 1. The highest BCUT2D eigenvalue weighted by Crippen LogP contribution is 2.20. The van der Waals surface area contributed by atoms with E-state index in [-0.39, 0.29) is 16.8 Å². The Morgan fingerprint density at radius 2 is 2.15 bits per heavy atom. The summed E-state index contributed by atoms with van der Waals surface area (Å²) in [4.78, 5) is 22.3. The summed E-state index contributed by atoms with van der Waals surface area (Å²) in [6.07, 6.45) is 8.88. The number of aromatic amines is 1. The number of aromatic nitrogens is 1. The van der Waals surface area contributed by atoms with Gasteiger partial charge in [0, 0.05) is 53.9 Å². The van der Waals surface area contributed by atoms with E-state index >= 15 is 0 Å². The predicted octanol–water partition coefficient (Wildman–Crippen LogP) is 2.59. The number of nitrogens with one attached hydrogen (secondary N) is 2. The SMILES string of the molecule is C=CC(=O)N1CCC[C@@H](NC(/N=C\C)=c2\c(-c3cccc(S(C)(=O)=O)c3)c[nH]\c2=C(/C)CC)C1. The van der Waals surface area contributed by atoms with Gasteiger partial charge in [-0.2, -0.15) is 0 Å². The normalized spacial score (nSPS) is 18.6. The maximum atomic E-state index is 12.2. The molecule has 1 aromatic carbocycles. The molecule has 1 amide bonds. The Morgan fingerprint density at radius 3 is 2.79 bits per heavy atom. The minimum Gasteiger partial charge on any atom is -0.365 e. The molecule has 34 heavy (non-hydrogen) atoms. The third-order valence-electron chi connectivity index (χ3n) is 6.15. The number of carbonyl (C=O) groups is 1. The van der Waals surface area contributed by atoms with Crippen molar-refractivity contribution in [3.05, 3.63) is 53.7 Å². The number of benzene rings is 1. The predicted molar refractivity (Wildman–Crippen MR) is 138 cm³/mol. The molecule has 1 aromatic heterocycles. The molecule has 1 atom stereocenters. The summed E-state index contributed by atoms with van der Waals surface area (Å²) in [5.41, 5.74) is 2.83. The van der Waals surface area contributed by atoms with Gasteiger partial charge in [0.25, 0.3) is 0 Å². The van der Waals surface area contributed by atoms with Gasteiger partial charge in [-0.05, 0) is 62.5 Å². The summed E-state index contributed by atoms with van der Waals surface area (Å²) in [6.45, 7) is 10.9. The van der Waals surface area contributed by atoms with Crippen LogP contribution in [0.25, 0.3) is 22.5 Å². The van der Waals surface area contributed by atoms with Gasteiger partial charge in [-0.15, -0.1) is 0 Å². The van der Waals surface area contributed by atoms with Crippen molar-refractivity contribution in [2.45, 2.75) is 51.0 Å². The molecule has 1 aliphatic rings. The van der Waals surface area contributed by atoms with Crippen LogP contribution in [0.5, 0.6) is 0 Å². The van der Waals surface area contributed by atoms with Crippen LogP contribution in [0.4, 0.5) is 0 Å². The summed E-state index contributed by atoms with van der Waals surface area (Å²) in [6, 6.07) is 7.01. The molecule has 1 saturated heterocycles. The molecule has 1 aliphatic heterocycles. The van der Waals surface area contributed by atoms with Crippen molar-refractivity contribution in [1.82, 2.24) is 15.2 Å². The van der Waals surface area contributed by atoms with E-state index < -0.39 is 9.84 Å². The fourth-order valence-corrected chi connectivity index (χ4v) is 4.89. The maximum absolute atomic E-state index is 12.2. The Balaban J connectivity index is 2.21. The van der Waals surface area contributed by atoms with Crippen molar-refractivity contribution in [3.8, 4) is 11.1 Å². The van der Waals surface area contributed by atoms with Crippen LogP contribution in [0.1, 0.15) is 40.0 Å². The van der Waals surface area contributed by atoms with Crippen molar-refractivity contribution >= 4 is 33.4 Å². The van der Waals surface area contributed by atoms with Crippen LogP contribution in [0.3, 0.4) is 0 Å². The number of sulfone groups is 1. The van der Waals surface area contributed by atoms with Crippen molar-refractivity contribution in [1.29, 1.82) is 0 Å². The molecule has 0 spiro atoms. The minimum atomic E-state index is -3.34. The van der Waals surface area contributed by atoms with Gasteiger partial charge in [-0.25, -0.2) is 13.4 Å². The zero-order valence-electron chi connectivity index (χ0n) is 20.4. The highest BCUT2D eigenvalue weighted by molar-refractivity contribution is 7.90. The average Bonchev–Trinajstić information content (AvgIpc) is 3.27. The molecule has 2 aromatic rings. The highest BCUT2D eigenvalue weighted by atomic mass is 32.2. The molecule has 2 N–H and O–H groups in total. The van der Waals surface area contributed by atoms with Gasteiger partial charge in [-0.3, -0.25) is 4.79 Å². The van der Waals surface area contributed by atoms with Crippen molar-refractivity contribution < 1.29 is 13.2 Å². The highest BCUT2D eigenvalue weighted by Gasteiger charge is 2.23. The van der Waals surface area contributed by atoms with Gasteiger partial charge in [0.1, 0.15) is 5.82 Å². The quantitative estimate of drug-likeness (QED) is 0.469. The molecule has 182 valence electrons. The average molecular weight is 483 g/mol. The van der Waals surface area contributed by atoms with Crippen LogP contribution in [0, 0.1) is 0 Å². The van der Waals surface area contributed by atoms with E-state index in [0.29, 0.717) is 12.4 Å². The number of likely N-dealkylation sites (tertiary alicyclic amines) is 1. The van der Waals surface area contributed by atoms with Gasteiger partial charge in [0.2, 0.25) is 5.91 Å². The second-order valence-electron chi connectivity index (χ2n) is 8.59. The smallest absolute Gasteiger partial charge is 0.246 e. The zero-order chi connectivity index (χ0) is 24.9. The molecule has 8 heteroatoms. The van der Waals surface area contributed by atoms with Crippen LogP contribution >= 0.6 is 0 Å². The summed E-state index contributed by atoms with van der Waals surface area (Å²) in [7, 11) is -3.34. The Hall–Kier alpha value is -3.13. The number of hydrogen-bond donors (Lipinski definition) is 2. The van der Waals surface area contributed by atoms with Gasteiger partial charge in [0.05, 0.1) is 4.90 Å². The molecular formula is C26H34N4O3S. The van der Waals surface area contributed by atoms with Crippen molar-refractivity contribution in [3.63, 3.8) is 0 Å². The topological polar surface area (TPSA) is 94.6 Å². The monoisotopic (exact) mass is 482 g/mol. The fraction of sp³-hybridized carbons (Fsp3) is 0.385. The summed E-state index contributed by atoms with van der Waals surface area (Å²) >= 11 is 0. The number of hydrogen-bond acceptors (Lipinski definition) is 5. The molecule has 2 heterocycles. The molecule has 0 radical (unpaired) electrons. The minimum absolute atomic E-state index is 0.0382. The molecule has 1 fully saturated rings. The van der Waals surface area contributed by atoms with E-state index in [1.807, 2.05) is 19.2 Å². The molecule has 7 nitrogen and oxygen atoms in total. The number of piperidine rings is 1. The van der Waals surface area contributed by atoms with Crippen LogP contribution in [-0.2, 0) is 14.6 Å². The van der Waals surface area contributed by atoms with E-state index in [4.69, 9.17) is 4.99 Å². The van der Waals surface area contributed by atoms with Gasteiger partial charge < -0.3 is 15.2 Å². The Morgan fingerprint density at radius 1 is 1.38 bits per heavy atom. The maximum Gasteiger partial charge on any atom is 0.246 e. The van der Waals surface area contributed by atoms with Crippen LogP contribution in [0.15, 0.2) is 53.0 Å². The molecule has 0 unspecified atom stereocenters. The van der Waals surface area contributed by atoms with E-state index in [2.05, 4.69) is 30.7 Å². The summed E-state index contributed by atoms with van der Waals surface area (Å²) in [5, 5.41) is 5.44. The van der Waals surface area contributed by atoms with Gasteiger partial charge in [-0.1, -0.05) is 25.6 Å². The van der Waals surface area contributed by atoms with Crippen molar-refractivity contribution in [2.75, 3.05) is 19.3 Å². The number of H-pyrrole nitrogens is 1. The van der Waals surface area contributed by atoms with E-state index in [0.717, 1.165) is 47.5 Å². The lowest BCUT2D eigenvalue weighted by atomic mass is 10.0. The third kappa shape index (κ3) is 5.67. The lowest BCUT2D eigenvalue weighted by Gasteiger charge is -2.33. The van der Waals surface area contributed by atoms with E-state index in [1.165, 1.54) is 17.9 Å². The first-order valence-electron chi connectivity index (χ1n) is 11.6. The number of carbonyl (C=O) groups excluding carboxylic acids is 1. The van der Waals surface area contributed by atoms with Crippen LogP contribution in [0.2, 0.25) is 0 Å². The van der Waals surface area contributed by atoms with Gasteiger partial charge >= 0.3 is 0 Å². The first-order valence-corrected chi connectivity index (χ1v) is 13.5. The summed E-state index contributed by atoms with van der Waals surface area (Å²) < 4.78 is 24.4. The van der Waals surface area contributed by atoms with E-state index in [1.54, 1.807) is 29.3 Å². The third-order valence-corrected chi connectivity index (χ3v) is 7.26. The molecule has 0 saturated carbocycles. The second-order valence-corrected chi connectivity index (χ2v) is 10.6. The van der Waals surface area contributed by atoms with Crippen molar-refractivity contribution in [2.24, 2.45) is 4.99 Å². The summed E-state index contributed by atoms with van der Waals surface area (Å²) in [5.74, 6) is 0.632. The number of aliphatic imine (C=N–C) groups is 1. The standard InChI is InChI=1S/C26H34N4O3S/c1-6-18(4)25-24(22(16-28-25)19-11-9-13-21(15-19)34(5,32)33)26(27-8-3)29-20-12-10-14-30(17-20)23(31)7-2/h7-9,11,13,15-16,20,28-29H,2,6,10,12,14,17H2,1,3-5H3/b25-18+,26-24+,27-8-/t20-/m1/s1. The molecular weight excluding hydrogens is 448 g/mol. The zero-order valence-corrected chi connectivity index (χ0v) is 21.2. The fourth-order valence-electron chi connectivity index (χ4n) is 4.23. The number of rotatable bonds is 7.